The summed E-state index contributed by atoms with van der Waals surface area (Å²) in [5.41, 5.74) is 5.19. The molecule has 106 valence electrons. The second kappa shape index (κ2) is 6.58. The van der Waals surface area contributed by atoms with Gasteiger partial charge in [-0.1, -0.05) is 36.4 Å². The van der Waals surface area contributed by atoms with E-state index in [1.165, 1.54) is 22.3 Å². The van der Waals surface area contributed by atoms with Crippen LogP contribution in [0.4, 0.5) is 0 Å². The van der Waals surface area contributed by atoms with Gasteiger partial charge in [0, 0.05) is 18.2 Å². The molecule has 1 N–H and O–H groups in total. The third-order valence-electron chi connectivity index (χ3n) is 3.79. The van der Waals surface area contributed by atoms with E-state index in [9.17, 15) is 0 Å². The molecule has 2 aromatic carbocycles. The summed E-state index contributed by atoms with van der Waals surface area (Å²) in [7, 11) is 1.72. The Morgan fingerprint density at radius 2 is 1.80 bits per heavy atom. The van der Waals surface area contributed by atoms with E-state index in [1.807, 2.05) is 18.2 Å². The maximum Gasteiger partial charge on any atom is 0.123 e. The van der Waals surface area contributed by atoms with Gasteiger partial charge in [0.15, 0.2) is 0 Å². The van der Waals surface area contributed by atoms with Crippen LogP contribution < -0.4 is 10.1 Å². The maximum absolute atomic E-state index is 5.41. The van der Waals surface area contributed by atoms with E-state index in [1.54, 1.807) is 7.11 Å². The highest BCUT2D eigenvalue weighted by molar-refractivity contribution is 5.36. The Bertz CT molecular complexity index is 577. The van der Waals surface area contributed by atoms with E-state index in [-0.39, 0.29) is 6.04 Å². The molecule has 1 atom stereocenters. The normalized spacial score (nSPS) is 12.2. The van der Waals surface area contributed by atoms with E-state index in [2.05, 4.69) is 50.4 Å². The molecule has 0 unspecified atom stereocenters. The lowest BCUT2D eigenvalue weighted by Gasteiger charge is -2.17. The molecular weight excluding hydrogens is 246 g/mol. The molecule has 0 amide bonds. The summed E-state index contributed by atoms with van der Waals surface area (Å²) in [5, 5.41) is 3.56. The molecular formula is C18H23NO. The molecule has 0 saturated heterocycles. The van der Waals surface area contributed by atoms with E-state index < -0.39 is 0 Å². The third-order valence-corrected chi connectivity index (χ3v) is 3.79. The topological polar surface area (TPSA) is 21.3 Å². The summed E-state index contributed by atoms with van der Waals surface area (Å²) in [6.07, 6.45) is 0. The van der Waals surface area contributed by atoms with Crippen LogP contribution in [-0.4, -0.2) is 7.11 Å². The lowest BCUT2D eigenvalue weighted by Crippen LogP contribution is -2.18. The van der Waals surface area contributed by atoms with Crippen molar-refractivity contribution < 1.29 is 4.74 Å². The molecule has 0 spiro atoms. The van der Waals surface area contributed by atoms with Crippen molar-refractivity contribution in [3.63, 3.8) is 0 Å². The van der Waals surface area contributed by atoms with Crippen LogP contribution in [0.1, 0.15) is 35.2 Å². The molecule has 0 aliphatic carbocycles. The Morgan fingerprint density at radius 3 is 2.50 bits per heavy atom. The largest absolute Gasteiger partial charge is 0.496 e. The molecule has 0 aliphatic heterocycles. The van der Waals surface area contributed by atoms with Gasteiger partial charge in [-0.05, 0) is 43.5 Å². The van der Waals surface area contributed by atoms with Crippen molar-refractivity contribution in [3.8, 4) is 5.75 Å². The van der Waals surface area contributed by atoms with Crippen LogP contribution in [0.3, 0.4) is 0 Å². The zero-order chi connectivity index (χ0) is 14.5. The van der Waals surface area contributed by atoms with Gasteiger partial charge in [0.25, 0.3) is 0 Å². The van der Waals surface area contributed by atoms with E-state index in [0.29, 0.717) is 0 Å². The van der Waals surface area contributed by atoms with Gasteiger partial charge >= 0.3 is 0 Å². The van der Waals surface area contributed by atoms with Gasteiger partial charge in [-0.15, -0.1) is 0 Å². The monoisotopic (exact) mass is 269 g/mol. The summed E-state index contributed by atoms with van der Waals surface area (Å²) in [6.45, 7) is 7.33. The molecule has 2 heteroatoms. The van der Waals surface area contributed by atoms with Crippen LogP contribution in [0.5, 0.6) is 5.75 Å². The van der Waals surface area contributed by atoms with Crippen molar-refractivity contribution in [2.45, 2.75) is 33.4 Å². The SMILES string of the molecule is COc1ccccc1[C@H](C)NCc1ccc(C)c(C)c1. The van der Waals surface area contributed by atoms with Crippen LogP contribution in [-0.2, 0) is 6.54 Å². The van der Waals surface area contributed by atoms with Gasteiger partial charge < -0.3 is 10.1 Å². The highest BCUT2D eigenvalue weighted by Crippen LogP contribution is 2.24. The number of rotatable bonds is 5. The minimum Gasteiger partial charge on any atom is -0.496 e. The molecule has 0 heterocycles. The summed E-state index contributed by atoms with van der Waals surface area (Å²) >= 11 is 0. The van der Waals surface area contributed by atoms with Crippen LogP contribution in [0.25, 0.3) is 0 Å². The predicted molar refractivity (Wildman–Crippen MR) is 84.2 cm³/mol. The first kappa shape index (κ1) is 14.6. The summed E-state index contributed by atoms with van der Waals surface area (Å²) in [5.74, 6) is 0.938. The number of ether oxygens (including phenoxy) is 1. The predicted octanol–water partition coefficient (Wildman–Crippen LogP) is 4.16. The van der Waals surface area contributed by atoms with Crippen molar-refractivity contribution in [2.75, 3.05) is 7.11 Å². The van der Waals surface area contributed by atoms with Gasteiger partial charge in [0.1, 0.15) is 5.75 Å². The van der Waals surface area contributed by atoms with Gasteiger partial charge in [-0.2, -0.15) is 0 Å². The zero-order valence-electron chi connectivity index (χ0n) is 12.7. The quantitative estimate of drug-likeness (QED) is 0.880. The summed E-state index contributed by atoms with van der Waals surface area (Å²) < 4.78 is 5.41. The fourth-order valence-corrected chi connectivity index (χ4v) is 2.32. The highest BCUT2D eigenvalue weighted by Gasteiger charge is 2.10. The number of methoxy groups -OCH3 is 1. The Labute approximate surface area is 121 Å². The van der Waals surface area contributed by atoms with E-state index >= 15 is 0 Å². The van der Waals surface area contributed by atoms with E-state index in [4.69, 9.17) is 4.74 Å². The van der Waals surface area contributed by atoms with Crippen LogP contribution in [0, 0.1) is 13.8 Å². The fourth-order valence-electron chi connectivity index (χ4n) is 2.32. The smallest absolute Gasteiger partial charge is 0.123 e. The molecule has 0 radical (unpaired) electrons. The molecule has 2 aromatic rings. The second-order valence-corrected chi connectivity index (χ2v) is 5.26. The molecule has 2 rings (SSSR count). The molecule has 0 fully saturated rings. The molecule has 0 aromatic heterocycles. The third kappa shape index (κ3) is 3.40. The van der Waals surface area contributed by atoms with Crippen molar-refractivity contribution in [2.24, 2.45) is 0 Å². The van der Waals surface area contributed by atoms with Crippen molar-refractivity contribution in [1.82, 2.24) is 5.32 Å². The van der Waals surface area contributed by atoms with Crippen LogP contribution in [0.15, 0.2) is 42.5 Å². The number of benzene rings is 2. The van der Waals surface area contributed by atoms with Gasteiger partial charge in [-0.3, -0.25) is 0 Å². The molecule has 0 bridgehead atoms. The Balaban J connectivity index is 2.04. The molecule has 0 aliphatic rings. The Morgan fingerprint density at radius 1 is 1.05 bits per heavy atom. The van der Waals surface area contributed by atoms with Gasteiger partial charge in [0.2, 0.25) is 0 Å². The standard InChI is InChI=1S/C18H23NO/c1-13-9-10-16(11-14(13)2)12-19-15(3)17-7-5-6-8-18(17)20-4/h5-11,15,19H,12H2,1-4H3/t15-/m0/s1. The minimum absolute atomic E-state index is 0.257. The minimum atomic E-state index is 0.257. The lowest BCUT2D eigenvalue weighted by molar-refractivity contribution is 0.401. The number of para-hydroxylation sites is 1. The average Bonchev–Trinajstić information content (AvgIpc) is 2.48. The maximum atomic E-state index is 5.41. The summed E-state index contributed by atoms with van der Waals surface area (Å²) in [6, 6.07) is 15.0. The van der Waals surface area contributed by atoms with Gasteiger partial charge in [-0.25, -0.2) is 0 Å². The molecule has 2 nitrogen and oxygen atoms in total. The Kier molecular flexibility index (Phi) is 4.80. The molecule has 20 heavy (non-hydrogen) atoms. The first-order valence-electron chi connectivity index (χ1n) is 7.04. The summed E-state index contributed by atoms with van der Waals surface area (Å²) in [4.78, 5) is 0. The first-order valence-corrected chi connectivity index (χ1v) is 7.04. The lowest BCUT2D eigenvalue weighted by atomic mass is 10.0. The van der Waals surface area contributed by atoms with E-state index in [0.717, 1.165) is 12.3 Å². The highest BCUT2D eigenvalue weighted by atomic mass is 16.5. The van der Waals surface area contributed by atoms with Crippen LogP contribution in [0.2, 0.25) is 0 Å². The number of nitrogens with one attached hydrogen (secondary N) is 1. The van der Waals surface area contributed by atoms with Crippen molar-refractivity contribution in [3.05, 3.63) is 64.7 Å². The number of hydrogen-bond donors (Lipinski definition) is 1. The fraction of sp³-hybridized carbons (Fsp3) is 0.333. The number of aryl methyl sites for hydroxylation is 2. The van der Waals surface area contributed by atoms with Gasteiger partial charge in [0.05, 0.1) is 7.11 Å². The Hall–Kier alpha value is -1.80. The second-order valence-electron chi connectivity index (χ2n) is 5.26. The number of hydrogen-bond acceptors (Lipinski definition) is 2. The van der Waals surface area contributed by atoms with Crippen molar-refractivity contribution >= 4 is 0 Å². The van der Waals surface area contributed by atoms with Crippen LogP contribution >= 0.6 is 0 Å². The van der Waals surface area contributed by atoms with Crippen molar-refractivity contribution in [1.29, 1.82) is 0 Å². The zero-order valence-corrected chi connectivity index (χ0v) is 12.7. The average molecular weight is 269 g/mol. The molecule has 0 saturated carbocycles. The first-order chi connectivity index (χ1) is 9.61.